The van der Waals surface area contributed by atoms with Gasteiger partial charge >= 0.3 is 0 Å². The predicted molar refractivity (Wildman–Crippen MR) is 193 cm³/mol. The summed E-state index contributed by atoms with van der Waals surface area (Å²) < 4.78 is 23.2. The molecular weight excluding hydrogens is 630 g/mol. The fourth-order valence-electron chi connectivity index (χ4n) is 7.84. The molecule has 2 aliphatic heterocycles. The molecule has 2 heterocycles. The molecule has 47 heavy (non-hydrogen) atoms. The zero-order valence-electron chi connectivity index (χ0n) is 28.1. The number of halogens is 1. The molecule has 6 rings (SSSR count). The Kier molecular flexibility index (Phi) is 9.50. The number of nitrogens with one attached hydrogen (secondary N) is 1. The summed E-state index contributed by atoms with van der Waals surface area (Å²) in [6.07, 6.45) is 9.23. The minimum Gasteiger partial charge on any atom is -0.490 e. The largest absolute Gasteiger partial charge is 0.490 e. The molecule has 7 nitrogen and oxygen atoms in total. The summed E-state index contributed by atoms with van der Waals surface area (Å²) in [6, 6.07) is 11.7. The van der Waals surface area contributed by atoms with Crippen LogP contribution in [0.2, 0.25) is 5.02 Å². The summed E-state index contributed by atoms with van der Waals surface area (Å²) in [6.45, 7) is 6.31. The minimum absolute atomic E-state index is 0.0546. The highest BCUT2D eigenvalue weighted by atomic mass is 35.5. The molecule has 2 aromatic rings. The van der Waals surface area contributed by atoms with E-state index in [1.54, 1.807) is 6.07 Å². The zero-order valence-corrected chi connectivity index (χ0v) is 29.6. The summed E-state index contributed by atoms with van der Waals surface area (Å²) in [4.78, 5) is 18.0. The molecule has 0 radical (unpaired) electrons. The molecule has 252 valence electrons. The van der Waals surface area contributed by atoms with E-state index < -0.39 is 26.5 Å². The van der Waals surface area contributed by atoms with Crippen molar-refractivity contribution in [1.82, 2.24) is 9.62 Å². The van der Waals surface area contributed by atoms with E-state index in [0.29, 0.717) is 38.2 Å². The molecule has 2 bridgehead atoms. The second-order valence-corrected chi connectivity index (χ2v) is 17.4. The second-order valence-electron chi connectivity index (χ2n) is 14.6. The molecule has 9 heteroatoms. The van der Waals surface area contributed by atoms with Crippen LogP contribution in [-0.4, -0.2) is 77.2 Å². The van der Waals surface area contributed by atoms with Crippen molar-refractivity contribution in [3.8, 4) is 17.6 Å². The molecule has 2 N–H and O–H groups in total. The van der Waals surface area contributed by atoms with Crippen LogP contribution in [0.4, 0.5) is 5.69 Å². The van der Waals surface area contributed by atoms with Crippen molar-refractivity contribution in [2.75, 3.05) is 45.2 Å². The Morgan fingerprint density at radius 2 is 2.02 bits per heavy atom. The lowest BCUT2D eigenvalue weighted by molar-refractivity contribution is -0.00327. The summed E-state index contributed by atoms with van der Waals surface area (Å²) in [7, 11) is 0.958. The zero-order chi connectivity index (χ0) is 33.6. The van der Waals surface area contributed by atoms with E-state index in [4.69, 9.17) is 16.3 Å². The van der Waals surface area contributed by atoms with Crippen LogP contribution in [0.25, 0.3) is 0 Å². The molecule has 2 aromatic carbocycles. The first-order valence-electron chi connectivity index (χ1n) is 16.8. The van der Waals surface area contributed by atoms with E-state index >= 15 is 0 Å². The molecule has 0 saturated heterocycles. The van der Waals surface area contributed by atoms with Gasteiger partial charge < -0.3 is 14.7 Å². The maximum Gasteiger partial charge on any atom is 0.262 e. The predicted octanol–water partition coefficient (Wildman–Crippen LogP) is 5.48. The Balaban J connectivity index is 1.45. The average molecular weight is 678 g/mol. The second kappa shape index (κ2) is 13.2. The van der Waals surface area contributed by atoms with Crippen LogP contribution < -0.4 is 14.4 Å². The standard InChI is InChI=1S/C38H48ClN3O4S/c1-26-9-6-18-38(44,19-8-20-41(3)4)33-14-11-30(33)23-42-24-37(17-7-10-28-21-31(39)13-15-32(28)37)25-46-35-16-12-29(22-34(35)42)36(43)40-47(5,45)27(26)2/h6,12-13,15-16,18,21-22,26-27,30,33,44H,5,7,9-11,14,17,20,23-25H2,1-4H3,(H,40,43,45)/b18-6+/t26-,27+,30-,33+,37-,38-,47?/m0/s1. The first kappa shape index (κ1) is 33.9. The van der Waals surface area contributed by atoms with Gasteiger partial charge in [0.1, 0.15) is 11.4 Å². The Morgan fingerprint density at radius 1 is 1.21 bits per heavy atom. The number of hydrogen-bond acceptors (Lipinski definition) is 6. The maximum absolute atomic E-state index is 13.8. The van der Waals surface area contributed by atoms with Gasteiger partial charge in [-0.1, -0.05) is 42.5 Å². The number of rotatable bonds is 1. The van der Waals surface area contributed by atoms with E-state index in [9.17, 15) is 14.1 Å². The molecular formula is C38H48ClN3O4S. The highest BCUT2D eigenvalue weighted by Crippen LogP contribution is 2.48. The van der Waals surface area contributed by atoms with E-state index in [2.05, 4.69) is 39.5 Å². The third-order valence-electron chi connectivity index (χ3n) is 11.0. The van der Waals surface area contributed by atoms with Crippen LogP contribution in [0.15, 0.2) is 48.6 Å². The number of aliphatic hydroxyl groups is 1. The van der Waals surface area contributed by atoms with Crippen molar-refractivity contribution in [3.05, 3.63) is 70.3 Å². The number of aryl methyl sites for hydroxylation is 1. The number of ether oxygens (including phenoxy) is 1. The number of carbonyl (C=O) groups excluding carboxylic acids is 1. The molecule has 1 spiro atoms. The average Bonchev–Trinajstić information content (AvgIpc) is 3.14. The topological polar surface area (TPSA) is 82.1 Å². The van der Waals surface area contributed by atoms with Gasteiger partial charge in [-0.05, 0) is 125 Å². The molecule has 4 aliphatic rings. The van der Waals surface area contributed by atoms with Gasteiger partial charge in [0.05, 0.1) is 28.5 Å². The van der Waals surface area contributed by atoms with E-state index in [1.807, 2.05) is 63.2 Å². The number of nitrogens with zero attached hydrogens (tertiary/aromatic N) is 2. The van der Waals surface area contributed by atoms with Crippen molar-refractivity contribution in [1.29, 1.82) is 0 Å². The number of anilines is 1. The number of hydrogen-bond donors (Lipinski definition) is 2. The summed E-state index contributed by atoms with van der Waals surface area (Å²) >= 11 is 6.45. The molecule has 1 saturated carbocycles. The minimum atomic E-state index is -2.98. The van der Waals surface area contributed by atoms with Crippen LogP contribution in [0.1, 0.15) is 67.4 Å². The number of amides is 1. The molecule has 0 aromatic heterocycles. The Labute approximate surface area is 285 Å². The Bertz CT molecular complexity index is 1730. The molecule has 7 atom stereocenters. The third-order valence-corrected chi connectivity index (χ3v) is 13.4. The summed E-state index contributed by atoms with van der Waals surface area (Å²) in [5.74, 6) is 10.8. The lowest BCUT2D eigenvalue weighted by Gasteiger charge is -2.47. The van der Waals surface area contributed by atoms with Crippen LogP contribution >= 0.6 is 11.6 Å². The monoisotopic (exact) mass is 677 g/mol. The van der Waals surface area contributed by atoms with E-state index in [0.717, 1.165) is 48.6 Å². The SMILES string of the molecule is C=S1(=O)NC(=O)c2ccc3c(c2)N(C[C@@H]2CC[C@H]2[C@@](O)(C#CCN(C)C)/C=C/C[C@H](C)[C@H]1C)C[C@@]1(CCCc2cc(Cl)ccc21)CO3. The highest BCUT2D eigenvalue weighted by molar-refractivity contribution is 7.99. The molecule has 1 fully saturated rings. The normalized spacial score (nSPS) is 34.4. The fraction of sp³-hybridized carbons (Fsp3) is 0.526. The Morgan fingerprint density at radius 3 is 2.77 bits per heavy atom. The first-order valence-corrected chi connectivity index (χ1v) is 19.0. The van der Waals surface area contributed by atoms with Crippen molar-refractivity contribution >= 4 is 38.8 Å². The molecule has 2 aliphatic carbocycles. The lowest BCUT2D eigenvalue weighted by Crippen LogP contribution is -2.52. The van der Waals surface area contributed by atoms with Gasteiger partial charge in [0, 0.05) is 40.3 Å². The van der Waals surface area contributed by atoms with Gasteiger partial charge in [-0.15, -0.1) is 0 Å². The van der Waals surface area contributed by atoms with Gasteiger partial charge in [-0.3, -0.25) is 14.4 Å². The highest BCUT2D eigenvalue weighted by Gasteiger charge is 2.47. The van der Waals surface area contributed by atoms with Crippen molar-refractivity contribution < 1.29 is 18.8 Å². The number of carbonyl (C=O) groups is 1. The summed E-state index contributed by atoms with van der Waals surface area (Å²) in [5, 5.41) is 12.6. The van der Waals surface area contributed by atoms with E-state index in [1.165, 1.54) is 11.1 Å². The van der Waals surface area contributed by atoms with Gasteiger partial charge in [0.15, 0.2) is 0 Å². The van der Waals surface area contributed by atoms with Gasteiger partial charge in [-0.25, -0.2) is 4.21 Å². The fourth-order valence-corrected chi connectivity index (χ4v) is 9.51. The third kappa shape index (κ3) is 6.83. The quantitative estimate of drug-likeness (QED) is 0.237. The van der Waals surface area contributed by atoms with Gasteiger partial charge in [0.25, 0.3) is 5.91 Å². The summed E-state index contributed by atoms with van der Waals surface area (Å²) in [5.41, 5.74) is 2.22. The molecule has 1 amide bonds. The van der Waals surface area contributed by atoms with Gasteiger partial charge in [-0.2, -0.15) is 0 Å². The van der Waals surface area contributed by atoms with Crippen molar-refractivity contribution in [2.24, 2.45) is 17.8 Å². The first-order chi connectivity index (χ1) is 22.3. The van der Waals surface area contributed by atoms with Crippen LogP contribution in [0.3, 0.4) is 0 Å². The van der Waals surface area contributed by atoms with E-state index in [-0.39, 0.29) is 23.2 Å². The van der Waals surface area contributed by atoms with Crippen molar-refractivity contribution in [2.45, 2.75) is 68.6 Å². The number of benzene rings is 2. The van der Waals surface area contributed by atoms with Crippen LogP contribution in [0, 0.1) is 29.6 Å². The number of fused-ring (bicyclic) bond motifs is 4. The molecule has 1 unspecified atom stereocenters. The van der Waals surface area contributed by atoms with Gasteiger partial charge in [0.2, 0.25) is 0 Å². The van der Waals surface area contributed by atoms with Crippen LogP contribution in [-0.2, 0) is 21.5 Å². The lowest BCUT2D eigenvalue weighted by atomic mass is 9.64. The smallest absolute Gasteiger partial charge is 0.262 e. The van der Waals surface area contributed by atoms with Crippen molar-refractivity contribution in [3.63, 3.8) is 0 Å². The Hall–Kier alpha value is -2.96. The van der Waals surface area contributed by atoms with Crippen LogP contribution in [0.5, 0.6) is 5.75 Å². The number of allylic oxidation sites excluding steroid dienone is 1. The maximum atomic E-state index is 13.8.